The third kappa shape index (κ3) is 8.00. The molecule has 0 aliphatic heterocycles. The topological polar surface area (TPSA) is 99.1 Å². The number of rotatable bonds is 9. The van der Waals surface area contributed by atoms with Crippen molar-refractivity contribution < 1.29 is 37.7 Å². The number of aliphatic hydroxyl groups is 2. The highest BCUT2D eigenvalue weighted by Gasteiger charge is 2.44. The summed E-state index contributed by atoms with van der Waals surface area (Å²) in [4.78, 5) is 25.7. The lowest BCUT2D eigenvalue weighted by molar-refractivity contribution is -0.169. The van der Waals surface area contributed by atoms with Gasteiger partial charge in [-0.25, -0.2) is 0 Å². The summed E-state index contributed by atoms with van der Waals surface area (Å²) in [5.74, 6) is -1.18. The van der Waals surface area contributed by atoms with E-state index >= 15 is 0 Å². The highest BCUT2D eigenvalue weighted by molar-refractivity contribution is 14.1. The van der Waals surface area contributed by atoms with Crippen molar-refractivity contribution in [3.8, 4) is 5.75 Å². The lowest BCUT2D eigenvalue weighted by atomic mass is 9.88. The van der Waals surface area contributed by atoms with Gasteiger partial charge in [-0.15, -0.1) is 0 Å². The van der Waals surface area contributed by atoms with E-state index < -0.39 is 42.8 Å². The second-order valence-electron chi connectivity index (χ2n) is 7.34. The van der Waals surface area contributed by atoms with Crippen molar-refractivity contribution in [1.29, 1.82) is 0 Å². The molecule has 0 heterocycles. The fourth-order valence-corrected chi connectivity index (χ4v) is 3.85. The van der Waals surface area contributed by atoms with Gasteiger partial charge in [-0.3, -0.25) is 9.59 Å². The fraction of sp³-hybridized carbons (Fsp3) is 0.455. The molecule has 0 spiro atoms. The first-order valence-corrected chi connectivity index (χ1v) is 11.4. The molecule has 0 radical (unpaired) electrons. The average molecular weight is 582 g/mol. The van der Waals surface area contributed by atoms with E-state index in [1.54, 1.807) is 31.2 Å². The van der Waals surface area contributed by atoms with Crippen molar-refractivity contribution in [2.45, 2.75) is 44.2 Å². The SMILES string of the molecule is CCC=CC(=O)N(CC(F)(F)F)C1CC(C(=O)NCCO)=CC(Oc2ccccc2I)C1O. The lowest BCUT2D eigenvalue weighted by Gasteiger charge is -2.40. The molecular formula is C22H26F3IN2O5. The van der Waals surface area contributed by atoms with Crippen LogP contribution in [-0.4, -0.2) is 71.0 Å². The minimum atomic E-state index is -4.72. The Balaban J connectivity index is 2.45. The summed E-state index contributed by atoms with van der Waals surface area (Å²) in [6.45, 7) is -0.253. The zero-order chi connectivity index (χ0) is 24.6. The first kappa shape index (κ1) is 27.1. The van der Waals surface area contributed by atoms with E-state index in [0.717, 1.165) is 6.08 Å². The molecule has 3 unspecified atom stereocenters. The molecule has 33 heavy (non-hydrogen) atoms. The summed E-state index contributed by atoms with van der Waals surface area (Å²) < 4.78 is 46.6. The number of allylic oxidation sites excluding steroid dienone is 1. The van der Waals surface area contributed by atoms with Gasteiger partial charge in [-0.05, 0) is 53.3 Å². The molecule has 0 aromatic heterocycles. The van der Waals surface area contributed by atoms with Gasteiger partial charge in [0, 0.05) is 18.5 Å². The minimum absolute atomic E-state index is 0.0501. The highest BCUT2D eigenvalue weighted by atomic mass is 127. The van der Waals surface area contributed by atoms with Crippen LogP contribution < -0.4 is 10.1 Å². The molecule has 7 nitrogen and oxygen atoms in total. The zero-order valence-electron chi connectivity index (χ0n) is 17.9. The van der Waals surface area contributed by atoms with Crippen LogP contribution in [0.3, 0.4) is 0 Å². The van der Waals surface area contributed by atoms with Crippen molar-refractivity contribution in [3.63, 3.8) is 0 Å². The van der Waals surface area contributed by atoms with Gasteiger partial charge in [-0.1, -0.05) is 25.1 Å². The summed E-state index contributed by atoms with van der Waals surface area (Å²) in [6, 6.07) is 5.46. The summed E-state index contributed by atoms with van der Waals surface area (Å²) >= 11 is 2.01. The van der Waals surface area contributed by atoms with Crippen LogP contribution in [0.1, 0.15) is 19.8 Å². The van der Waals surface area contributed by atoms with Gasteiger partial charge < -0.3 is 25.2 Å². The molecule has 1 aromatic rings. The molecule has 2 amide bonds. The monoisotopic (exact) mass is 582 g/mol. The number of alkyl halides is 3. The smallest absolute Gasteiger partial charge is 0.406 e. The van der Waals surface area contributed by atoms with Crippen molar-refractivity contribution in [1.82, 2.24) is 10.2 Å². The Morgan fingerprint density at radius 1 is 1.33 bits per heavy atom. The Kier molecular flexibility index (Phi) is 10.2. The molecule has 3 N–H and O–H groups in total. The molecule has 2 rings (SSSR count). The zero-order valence-corrected chi connectivity index (χ0v) is 20.0. The Morgan fingerprint density at radius 3 is 2.64 bits per heavy atom. The number of ether oxygens (including phenoxy) is 1. The molecule has 3 atom stereocenters. The van der Waals surface area contributed by atoms with Crippen LogP contribution in [0, 0.1) is 3.57 Å². The van der Waals surface area contributed by atoms with E-state index in [1.807, 2.05) is 22.6 Å². The quantitative estimate of drug-likeness (QED) is 0.307. The maximum atomic E-state index is 13.3. The van der Waals surface area contributed by atoms with Crippen LogP contribution in [0.2, 0.25) is 0 Å². The number of aliphatic hydroxyl groups excluding tert-OH is 2. The molecular weight excluding hydrogens is 556 g/mol. The molecule has 1 aliphatic rings. The fourth-order valence-electron chi connectivity index (χ4n) is 3.33. The third-order valence-corrected chi connectivity index (χ3v) is 5.73. The maximum Gasteiger partial charge on any atom is 0.406 e. The largest absolute Gasteiger partial charge is 0.482 e. The summed E-state index contributed by atoms with van der Waals surface area (Å²) in [5.41, 5.74) is 0.0501. The number of nitrogens with zero attached hydrogens (tertiary/aromatic N) is 1. The van der Waals surface area contributed by atoms with Gasteiger partial charge >= 0.3 is 6.18 Å². The first-order valence-electron chi connectivity index (χ1n) is 10.3. The van der Waals surface area contributed by atoms with E-state index in [9.17, 15) is 27.9 Å². The van der Waals surface area contributed by atoms with Crippen LogP contribution >= 0.6 is 22.6 Å². The van der Waals surface area contributed by atoms with Crippen LogP contribution in [0.25, 0.3) is 0 Å². The normalized spacial score (nSPS) is 20.9. The summed E-state index contributed by atoms with van der Waals surface area (Å²) in [5, 5.41) is 22.4. The number of nitrogens with one attached hydrogen (secondary N) is 1. The average Bonchev–Trinajstić information content (AvgIpc) is 2.76. The van der Waals surface area contributed by atoms with Crippen molar-refractivity contribution in [3.05, 3.63) is 51.6 Å². The number of amides is 2. The van der Waals surface area contributed by atoms with Crippen LogP contribution in [0.4, 0.5) is 13.2 Å². The van der Waals surface area contributed by atoms with Crippen molar-refractivity contribution in [2.24, 2.45) is 0 Å². The van der Waals surface area contributed by atoms with E-state index in [4.69, 9.17) is 9.84 Å². The number of carbonyl (C=O) groups excluding carboxylic acids is 2. The van der Waals surface area contributed by atoms with Crippen LogP contribution in [-0.2, 0) is 9.59 Å². The maximum absolute atomic E-state index is 13.3. The third-order valence-electron chi connectivity index (χ3n) is 4.84. The molecule has 1 aliphatic carbocycles. The van der Waals surface area contributed by atoms with Gasteiger partial charge in [0.1, 0.15) is 24.5 Å². The number of hydrogen-bond donors (Lipinski definition) is 3. The van der Waals surface area contributed by atoms with Gasteiger partial charge in [0.05, 0.1) is 16.2 Å². The Morgan fingerprint density at radius 2 is 2.03 bits per heavy atom. The molecule has 0 bridgehead atoms. The Hall–Kier alpha value is -2.12. The molecule has 0 saturated carbocycles. The number of carbonyl (C=O) groups is 2. The molecule has 11 heteroatoms. The van der Waals surface area contributed by atoms with Gasteiger partial charge in [-0.2, -0.15) is 13.2 Å². The van der Waals surface area contributed by atoms with Gasteiger partial charge in [0.25, 0.3) is 0 Å². The van der Waals surface area contributed by atoms with E-state index in [1.165, 1.54) is 12.2 Å². The Labute approximate surface area is 203 Å². The Bertz CT molecular complexity index is 891. The van der Waals surface area contributed by atoms with Gasteiger partial charge in [0.15, 0.2) is 0 Å². The van der Waals surface area contributed by atoms with Gasteiger partial charge in [0.2, 0.25) is 11.8 Å². The number of halogens is 4. The highest BCUT2D eigenvalue weighted by Crippen LogP contribution is 2.31. The number of hydrogen-bond acceptors (Lipinski definition) is 5. The van der Waals surface area contributed by atoms with Crippen LogP contribution in [0.15, 0.2) is 48.1 Å². The van der Waals surface area contributed by atoms with E-state index in [2.05, 4.69) is 5.32 Å². The van der Waals surface area contributed by atoms with Crippen molar-refractivity contribution in [2.75, 3.05) is 19.7 Å². The molecule has 1 aromatic carbocycles. The summed E-state index contributed by atoms with van der Waals surface area (Å²) in [7, 11) is 0. The van der Waals surface area contributed by atoms with Crippen molar-refractivity contribution >= 4 is 34.4 Å². The first-order chi connectivity index (χ1) is 15.6. The lowest BCUT2D eigenvalue weighted by Crippen LogP contribution is -2.56. The second-order valence-corrected chi connectivity index (χ2v) is 8.50. The number of para-hydroxylation sites is 1. The predicted molar refractivity (Wildman–Crippen MR) is 123 cm³/mol. The van der Waals surface area contributed by atoms with Crippen LogP contribution in [0.5, 0.6) is 5.75 Å². The molecule has 182 valence electrons. The predicted octanol–water partition coefficient (Wildman–Crippen LogP) is 2.56. The second kappa shape index (κ2) is 12.4. The standard InChI is InChI=1S/C22H26F3IN2O5/c1-2-3-8-19(30)28(13-22(23,24)25)16-11-14(21(32)27-9-10-29)12-18(20(16)31)33-17-7-5-4-6-15(17)26/h3-8,12,16,18,20,29,31H,2,9-11,13H2,1H3,(H,27,32). The molecule has 0 saturated heterocycles. The number of benzene rings is 1. The van der Waals surface area contributed by atoms with E-state index in [-0.39, 0.29) is 25.1 Å². The van der Waals surface area contributed by atoms with E-state index in [0.29, 0.717) is 20.6 Å². The molecule has 0 fully saturated rings. The summed E-state index contributed by atoms with van der Waals surface area (Å²) in [6.07, 6.45) is -3.53. The minimum Gasteiger partial charge on any atom is -0.482 e.